The highest BCUT2D eigenvalue weighted by Gasteiger charge is 2.18. The molecular weight excluding hydrogens is 196 g/mol. The van der Waals surface area contributed by atoms with Gasteiger partial charge in [-0.25, -0.2) is 4.98 Å². The van der Waals surface area contributed by atoms with Crippen molar-refractivity contribution in [3.8, 4) is 0 Å². The highest BCUT2D eigenvalue weighted by Crippen LogP contribution is 2.35. The van der Waals surface area contributed by atoms with E-state index in [0.29, 0.717) is 5.25 Å². The summed E-state index contributed by atoms with van der Waals surface area (Å²) in [5, 5.41) is 0.399. The maximum atomic E-state index is 11.2. The Morgan fingerprint density at radius 1 is 1.57 bits per heavy atom. The first-order valence-corrected chi connectivity index (χ1v) is 6.00. The molecule has 0 bridgehead atoms. The summed E-state index contributed by atoms with van der Waals surface area (Å²) >= 11 is 1.90. The zero-order valence-corrected chi connectivity index (χ0v) is 9.06. The fourth-order valence-electron chi connectivity index (χ4n) is 1.71. The summed E-state index contributed by atoms with van der Waals surface area (Å²) in [6.45, 7) is 1.87. The largest absolute Gasteiger partial charge is 0.310 e. The molecule has 1 unspecified atom stereocenters. The van der Waals surface area contributed by atoms with Crippen LogP contribution in [0.3, 0.4) is 0 Å². The SMILES string of the molecule is Cc1cc(=O)[nH]c(C2CCCCS2)n1. The van der Waals surface area contributed by atoms with Crippen LogP contribution < -0.4 is 5.56 Å². The predicted molar refractivity (Wildman–Crippen MR) is 58.6 cm³/mol. The molecule has 14 heavy (non-hydrogen) atoms. The van der Waals surface area contributed by atoms with Gasteiger partial charge in [0, 0.05) is 11.8 Å². The first-order valence-electron chi connectivity index (χ1n) is 4.95. The van der Waals surface area contributed by atoms with Crippen LogP contribution in [0.1, 0.15) is 36.0 Å². The number of thioether (sulfide) groups is 1. The molecule has 0 radical (unpaired) electrons. The molecule has 0 amide bonds. The molecule has 2 rings (SSSR count). The summed E-state index contributed by atoms with van der Waals surface area (Å²) < 4.78 is 0. The second-order valence-corrected chi connectivity index (χ2v) is 4.94. The zero-order valence-electron chi connectivity index (χ0n) is 8.25. The van der Waals surface area contributed by atoms with Gasteiger partial charge >= 0.3 is 0 Å². The molecular formula is C10H14N2OS. The molecule has 1 aliphatic rings. The number of rotatable bonds is 1. The van der Waals surface area contributed by atoms with Crippen molar-refractivity contribution in [1.82, 2.24) is 9.97 Å². The van der Waals surface area contributed by atoms with Crippen LogP contribution in [-0.4, -0.2) is 15.7 Å². The summed E-state index contributed by atoms with van der Waals surface area (Å²) in [6.07, 6.45) is 3.67. The summed E-state index contributed by atoms with van der Waals surface area (Å²) in [6, 6.07) is 1.54. The lowest BCUT2D eigenvalue weighted by molar-refractivity contribution is 0.658. The third kappa shape index (κ3) is 2.18. The molecule has 3 nitrogen and oxygen atoms in total. The Hall–Kier alpha value is -0.770. The van der Waals surface area contributed by atoms with E-state index in [2.05, 4.69) is 9.97 Å². The van der Waals surface area contributed by atoms with Crippen LogP contribution in [-0.2, 0) is 0 Å². The highest BCUT2D eigenvalue weighted by atomic mass is 32.2. The molecule has 1 aromatic rings. The van der Waals surface area contributed by atoms with Crippen LogP contribution in [0.2, 0.25) is 0 Å². The fourth-order valence-corrected chi connectivity index (χ4v) is 2.97. The van der Waals surface area contributed by atoms with E-state index < -0.39 is 0 Å². The number of hydrogen-bond acceptors (Lipinski definition) is 3. The summed E-state index contributed by atoms with van der Waals surface area (Å²) in [5.74, 6) is 2.04. The van der Waals surface area contributed by atoms with E-state index in [0.717, 1.165) is 17.9 Å². The molecule has 1 N–H and O–H groups in total. The lowest BCUT2D eigenvalue weighted by atomic mass is 10.2. The zero-order chi connectivity index (χ0) is 9.97. The standard InChI is InChI=1S/C10H14N2OS/c1-7-6-9(13)12-10(11-7)8-4-2-3-5-14-8/h6,8H,2-5H2,1H3,(H,11,12,13). The van der Waals surface area contributed by atoms with Crippen LogP contribution in [0, 0.1) is 6.92 Å². The summed E-state index contributed by atoms with van der Waals surface area (Å²) in [7, 11) is 0. The van der Waals surface area contributed by atoms with Crippen molar-refractivity contribution in [3.05, 3.63) is 27.9 Å². The number of hydrogen-bond donors (Lipinski definition) is 1. The van der Waals surface area contributed by atoms with E-state index in [4.69, 9.17) is 0 Å². The Morgan fingerprint density at radius 2 is 2.43 bits per heavy atom. The van der Waals surface area contributed by atoms with E-state index in [1.807, 2.05) is 18.7 Å². The summed E-state index contributed by atoms with van der Waals surface area (Å²) in [4.78, 5) is 18.5. The van der Waals surface area contributed by atoms with E-state index in [1.165, 1.54) is 24.7 Å². The Labute approximate surface area is 87.3 Å². The molecule has 0 saturated carbocycles. The Balaban J connectivity index is 2.26. The van der Waals surface area contributed by atoms with Crippen LogP contribution >= 0.6 is 11.8 Å². The van der Waals surface area contributed by atoms with E-state index in [1.54, 1.807) is 0 Å². The maximum Gasteiger partial charge on any atom is 0.251 e. The molecule has 4 heteroatoms. The third-order valence-electron chi connectivity index (χ3n) is 2.37. The molecule has 0 aliphatic carbocycles. The molecule has 1 saturated heterocycles. The van der Waals surface area contributed by atoms with E-state index >= 15 is 0 Å². The molecule has 2 heterocycles. The normalized spacial score (nSPS) is 22.2. The Kier molecular flexibility index (Phi) is 2.91. The topological polar surface area (TPSA) is 45.8 Å². The maximum absolute atomic E-state index is 11.2. The van der Waals surface area contributed by atoms with Crippen LogP contribution in [0.15, 0.2) is 10.9 Å². The molecule has 0 aromatic carbocycles. The van der Waals surface area contributed by atoms with Crippen molar-refractivity contribution in [2.75, 3.05) is 5.75 Å². The molecule has 1 fully saturated rings. The second kappa shape index (κ2) is 4.17. The van der Waals surface area contributed by atoms with Gasteiger partial charge in [0.25, 0.3) is 5.56 Å². The van der Waals surface area contributed by atoms with Crippen LogP contribution in [0.5, 0.6) is 0 Å². The van der Waals surface area contributed by atoms with Crippen molar-refractivity contribution < 1.29 is 0 Å². The lowest BCUT2D eigenvalue weighted by Crippen LogP contribution is -2.15. The van der Waals surface area contributed by atoms with Crippen LogP contribution in [0.4, 0.5) is 0 Å². The first-order chi connectivity index (χ1) is 6.75. The average Bonchev–Trinajstić information content (AvgIpc) is 2.18. The number of aryl methyl sites for hydroxylation is 1. The smallest absolute Gasteiger partial charge is 0.251 e. The molecule has 0 spiro atoms. The van der Waals surface area contributed by atoms with Gasteiger partial charge in [-0.05, 0) is 25.5 Å². The minimum atomic E-state index is -0.0290. The van der Waals surface area contributed by atoms with E-state index in [9.17, 15) is 4.79 Å². The predicted octanol–water partition coefficient (Wildman–Crippen LogP) is 2.04. The highest BCUT2D eigenvalue weighted by molar-refractivity contribution is 7.99. The van der Waals surface area contributed by atoms with Gasteiger partial charge in [0.15, 0.2) is 0 Å². The number of H-pyrrole nitrogens is 1. The third-order valence-corrected chi connectivity index (χ3v) is 3.76. The number of aromatic amines is 1. The van der Waals surface area contributed by atoms with Gasteiger partial charge in [0.05, 0.1) is 5.25 Å². The van der Waals surface area contributed by atoms with Crippen molar-refractivity contribution in [2.24, 2.45) is 0 Å². The lowest BCUT2D eigenvalue weighted by Gasteiger charge is -2.20. The molecule has 1 aliphatic heterocycles. The Bertz CT molecular complexity index is 369. The van der Waals surface area contributed by atoms with Gasteiger partial charge in [-0.2, -0.15) is 11.8 Å². The first kappa shape index (κ1) is 9.77. The van der Waals surface area contributed by atoms with Crippen molar-refractivity contribution in [1.29, 1.82) is 0 Å². The quantitative estimate of drug-likeness (QED) is 0.771. The average molecular weight is 210 g/mol. The minimum Gasteiger partial charge on any atom is -0.310 e. The molecule has 1 aromatic heterocycles. The monoisotopic (exact) mass is 210 g/mol. The van der Waals surface area contributed by atoms with Gasteiger partial charge in [-0.3, -0.25) is 4.79 Å². The van der Waals surface area contributed by atoms with Crippen molar-refractivity contribution >= 4 is 11.8 Å². The van der Waals surface area contributed by atoms with Gasteiger partial charge in [-0.1, -0.05) is 6.42 Å². The molecule has 76 valence electrons. The molecule has 1 atom stereocenters. The van der Waals surface area contributed by atoms with Crippen LogP contribution in [0.25, 0.3) is 0 Å². The van der Waals surface area contributed by atoms with E-state index in [-0.39, 0.29) is 5.56 Å². The second-order valence-electron chi connectivity index (χ2n) is 3.63. The van der Waals surface area contributed by atoms with Gasteiger partial charge in [-0.15, -0.1) is 0 Å². The van der Waals surface area contributed by atoms with Gasteiger partial charge in [0.1, 0.15) is 5.82 Å². The number of nitrogens with zero attached hydrogens (tertiary/aromatic N) is 1. The van der Waals surface area contributed by atoms with Gasteiger partial charge in [0.2, 0.25) is 0 Å². The summed E-state index contributed by atoms with van der Waals surface area (Å²) in [5.41, 5.74) is 0.786. The van der Waals surface area contributed by atoms with Crippen molar-refractivity contribution in [3.63, 3.8) is 0 Å². The number of nitrogens with one attached hydrogen (secondary N) is 1. The minimum absolute atomic E-state index is 0.0290. The Morgan fingerprint density at radius 3 is 3.07 bits per heavy atom. The van der Waals surface area contributed by atoms with Gasteiger partial charge < -0.3 is 4.98 Å². The number of aromatic nitrogens is 2. The van der Waals surface area contributed by atoms with Crippen molar-refractivity contribution in [2.45, 2.75) is 31.4 Å². The fraction of sp³-hybridized carbons (Fsp3) is 0.600.